The number of nitrogens with zero attached hydrogens (tertiary/aromatic N) is 4. The van der Waals surface area contributed by atoms with Gasteiger partial charge in [-0.15, -0.1) is 10.2 Å². The van der Waals surface area contributed by atoms with E-state index in [-0.39, 0.29) is 5.78 Å². The van der Waals surface area contributed by atoms with Crippen LogP contribution in [0.3, 0.4) is 0 Å². The van der Waals surface area contributed by atoms with E-state index < -0.39 is 5.25 Å². The molecule has 170 valence electrons. The van der Waals surface area contributed by atoms with E-state index in [1.807, 2.05) is 60.3 Å². The molecule has 1 saturated heterocycles. The lowest BCUT2D eigenvalue weighted by molar-refractivity contribution is 0.0991. The number of carbonyl (C=O) groups excluding carboxylic acids is 1. The van der Waals surface area contributed by atoms with Crippen LogP contribution >= 0.6 is 11.8 Å². The summed E-state index contributed by atoms with van der Waals surface area (Å²) in [6, 6.07) is 16.0. The number of thioether (sulfide) groups is 1. The summed E-state index contributed by atoms with van der Waals surface area (Å²) in [4.78, 5) is 19.4. The van der Waals surface area contributed by atoms with Gasteiger partial charge < -0.3 is 14.6 Å². The van der Waals surface area contributed by atoms with Crippen LogP contribution in [0.25, 0.3) is 10.9 Å². The van der Waals surface area contributed by atoms with Crippen LogP contribution in [0.4, 0.5) is 5.95 Å². The number of rotatable bonds is 7. The Balaban J connectivity index is 1.50. The van der Waals surface area contributed by atoms with Crippen LogP contribution in [0.15, 0.2) is 59.9 Å². The molecule has 1 unspecified atom stereocenters. The minimum absolute atomic E-state index is 0.0571. The number of anilines is 1. The summed E-state index contributed by atoms with van der Waals surface area (Å²) in [6.45, 7) is 5.06. The molecule has 0 spiro atoms. The lowest BCUT2D eigenvalue weighted by atomic mass is 10.0. The van der Waals surface area contributed by atoms with Gasteiger partial charge in [-0.2, -0.15) is 0 Å². The van der Waals surface area contributed by atoms with Crippen LogP contribution in [0.1, 0.15) is 33.7 Å². The topological polar surface area (TPSA) is 76.0 Å². The van der Waals surface area contributed by atoms with Crippen LogP contribution in [-0.4, -0.2) is 51.8 Å². The van der Waals surface area contributed by atoms with Crippen molar-refractivity contribution in [3.05, 3.63) is 71.4 Å². The lowest BCUT2D eigenvalue weighted by Crippen LogP contribution is -2.37. The number of H-pyrrole nitrogens is 1. The third-order valence-corrected chi connectivity index (χ3v) is 7.41. The number of morpholine rings is 1. The van der Waals surface area contributed by atoms with E-state index in [9.17, 15) is 4.79 Å². The van der Waals surface area contributed by atoms with Gasteiger partial charge in [-0.25, -0.2) is 0 Å². The molecule has 8 heteroatoms. The second-order valence-corrected chi connectivity index (χ2v) is 9.18. The molecule has 1 N–H and O–H groups in total. The van der Waals surface area contributed by atoms with Gasteiger partial charge in [0.2, 0.25) is 5.95 Å². The van der Waals surface area contributed by atoms with E-state index >= 15 is 0 Å². The number of nitrogens with one attached hydrogen (secondary N) is 1. The Kier molecular flexibility index (Phi) is 6.20. The molecule has 5 rings (SSSR count). The predicted octanol–water partition coefficient (Wildman–Crippen LogP) is 4.41. The van der Waals surface area contributed by atoms with Crippen LogP contribution < -0.4 is 4.90 Å². The summed E-state index contributed by atoms with van der Waals surface area (Å²) in [5.74, 6) is 0.862. The molecule has 4 aromatic rings. The number of Topliss-reactive ketones (excluding diaryl/α,β-unsaturated/α-hetero) is 1. The standard InChI is InChI=1S/C25H27N5O2S/c1-3-17-10-7-11-19-20(16-26-21(17)19)22(31)23(18-8-5-4-6-9-18)33-25-28-27-24(29(25)2)30-12-14-32-15-13-30/h4-11,16,23,26H,3,12-15H2,1-2H3. The summed E-state index contributed by atoms with van der Waals surface area (Å²) in [5.41, 5.74) is 3.90. The average molecular weight is 462 g/mol. The number of ketones is 1. The summed E-state index contributed by atoms with van der Waals surface area (Å²) < 4.78 is 7.44. The smallest absolute Gasteiger partial charge is 0.227 e. The fraction of sp³-hybridized carbons (Fsp3) is 0.320. The van der Waals surface area contributed by atoms with E-state index in [1.54, 1.807) is 0 Å². The second kappa shape index (κ2) is 9.41. The van der Waals surface area contributed by atoms with Gasteiger partial charge in [0.15, 0.2) is 10.9 Å². The molecule has 2 aromatic heterocycles. The Bertz CT molecular complexity index is 1260. The first-order chi connectivity index (χ1) is 16.2. The molecule has 0 aliphatic carbocycles. The number of fused-ring (bicyclic) bond motifs is 1. The average Bonchev–Trinajstić information content (AvgIpc) is 3.46. The van der Waals surface area contributed by atoms with Crippen LogP contribution in [0.5, 0.6) is 0 Å². The van der Waals surface area contributed by atoms with Gasteiger partial charge in [0.1, 0.15) is 5.25 Å². The number of aryl methyl sites for hydroxylation is 1. The van der Waals surface area contributed by atoms with Crippen LogP contribution in [-0.2, 0) is 18.2 Å². The van der Waals surface area contributed by atoms with E-state index in [2.05, 4.69) is 33.1 Å². The molecule has 0 bridgehead atoms. The maximum Gasteiger partial charge on any atom is 0.227 e. The molecule has 1 fully saturated rings. The van der Waals surface area contributed by atoms with Crippen LogP contribution in [0.2, 0.25) is 0 Å². The van der Waals surface area contributed by atoms with Gasteiger partial charge in [-0.3, -0.25) is 9.36 Å². The van der Waals surface area contributed by atoms with E-state index in [0.29, 0.717) is 23.9 Å². The molecule has 0 saturated carbocycles. The molecule has 2 aromatic carbocycles. The lowest BCUT2D eigenvalue weighted by Gasteiger charge is -2.27. The van der Waals surface area contributed by atoms with E-state index in [1.165, 1.54) is 17.3 Å². The minimum Gasteiger partial charge on any atom is -0.378 e. The highest BCUT2D eigenvalue weighted by atomic mass is 32.2. The molecule has 3 heterocycles. The number of aromatic nitrogens is 4. The minimum atomic E-state index is -0.434. The quantitative estimate of drug-likeness (QED) is 0.325. The second-order valence-electron chi connectivity index (χ2n) is 8.11. The zero-order valence-corrected chi connectivity index (χ0v) is 19.6. The normalized spacial score (nSPS) is 15.2. The first-order valence-electron chi connectivity index (χ1n) is 11.2. The fourth-order valence-corrected chi connectivity index (χ4v) is 5.38. The molecule has 0 amide bonds. The van der Waals surface area contributed by atoms with Crippen molar-refractivity contribution in [1.82, 2.24) is 19.7 Å². The summed E-state index contributed by atoms with van der Waals surface area (Å²) in [6.07, 6.45) is 2.75. The van der Waals surface area contributed by atoms with Gasteiger partial charge in [-0.1, -0.05) is 67.2 Å². The molecular formula is C25H27N5O2S. The first-order valence-corrected chi connectivity index (χ1v) is 12.1. The SMILES string of the molecule is CCc1cccc2c(C(=O)C(Sc3nnc(N4CCOCC4)n3C)c3ccccc3)c[nH]c12. The Hall–Kier alpha value is -3.10. The molecule has 0 radical (unpaired) electrons. The van der Waals surface area contributed by atoms with Crippen molar-refractivity contribution < 1.29 is 9.53 Å². The number of para-hydroxylation sites is 1. The number of benzene rings is 2. The largest absolute Gasteiger partial charge is 0.378 e. The van der Waals surface area contributed by atoms with Crippen molar-refractivity contribution in [2.24, 2.45) is 7.05 Å². The highest BCUT2D eigenvalue weighted by Gasteiger charge is 2.29. The summed E-state index contributed by atoms with van der Waals surface area (Å²) in [5, 5.41) is 10.1. The predicted molar refractivity (Wildman–Crippen MR) is 131 cm³/mol. The zero-order chi connectivity index (χ0) is 22.8. The highest BCUT2D eigenvalue weighted by Crippen LogP contribution is 2.39. The van der Waals surface area contributed by atoms with Gasteiger partial charge >= 0.3 is 0 Å². The van der Waals surface area contributed by atoms with Crippen molar-refractivity contribution in [2.45, 2.75) is 23.8 Å². The third-order valence-electron chi connectivity index (χ3n) is 6.12. The summed E-state index contributed by atoms with van der Waals surface area (Å²) >= 11 is 1.45. The van der Waals surface area contributed by atoms with Gasteiger partial charge in [0, 0.05) is 42.8 Å². The number of hydrogen-bond acceptors (Lipinski definition) is 6. The van der Waals surface area contributed by atoms with Crippen molar-refractivity contribution in [3.63, 3.8) is 0 Å². The van der Waals surface area contributed by atoms with Crippen molar-refractivity contribution in [2.75, 3.05) is 31.2 Å². The van der Waals surface area contributed by atoms with Gasteiger partial charge in [0.25, 0.3) is 0 Å². The first kappa shape index (κ1) is 21.7. The maximum absolute atomic E-state index is 13.9. The monoisotopic (exact) mass is 461 g/mol. The Morgan fingerprint density at radius 3 is 2.67 bits per heavy atom. The molecule has 33 heavy (non-hydrogen) atoms. The Labute approximate surface area is 197 Å². The molecule has 1 aliphatic rings. The highest BCUT2D eigenvalue weighted by molar-refractivity contribution is 8.00. The maximum atomic E-state index is 13.9. The van der Waals surface area contributed by atoms with E-state index in [4.69, 9.17) is 4.74 Å². The van der Waals surface area contributed by atoms with Gasteiger partial charge in [0.05, 0.1) is 13.2 Å². The molecule has 1 atom stereocenters. The number of hydrogen-bond donors (Lipinski definition) is 1. The Morgan fingerprint density at radius 1 is 1.12 bits per heavy atom. The van der Waals surface area contributed by atoms with Crippen LogP contribution in [0, 0.1) is 0 Å². The zero-order valence-electron chi connectivity index (χ0n) is 18.8. The molecule has 7 nitrogen and oxygen atoms in total. The fourth-order valence-electron chi connectivity index (χ4n) is 4.31. The number of aromatic amines is 1. The van der Waals surface area contributed by atoms with Crippen molar-refractivity contribution in [3.8, 4) is 0 Å². The Morgan fingerprint density at radius 2 is 1.91 bits per heavy atom. The number of ether oxygens (including phenoxy) is 1. The molecule has 1 aliphatic heterocycles. The molecular weight excluding hydrogens is 434 g/mol. The third kappa shape index (κ3) is 4.16. The summed E-state index contributed by atoms with van der Waals surface area (Å²) in [7, 11) is 1.96. The van der Waals surface area contributed by atoms with Crippen molar-refractivity contribution in [1.29, 1.82) is 0 Å². The van der Waals surface area contributed by atoms with E-state index in [0.717, 1.165) is 41.9 Å². The van der Waals surface area contributed by atoms with Crippen molar-refractivity contribution >= 4 is 34.4 Å². The van der Waals surface area contributed by atoms with Gasteiger partial charge in [-0.05, 0) is 17.5 Å². The number of carbonyl (C=O) groups is 1.